The summed E-state index contributed by atoms with van der Waals surface area (Å²) in [5, 5.41) is 0. The van der Waals surface area contributed by atoms with Crippen LogP contribution in [0.3, 0.4) is 0 Å². The zero-order valence-corrected chi connectivity index (χ0v) is 11.0. The van der Waals surface area contributed by atoms with Crippen LogP contribution in [0.25, 0.3) is 0 Å². The van der Waals surface area contributed by atoms with Gasteiger partial charge in [0.25, 0.3) is 0 Å². The van der Waals surface area contributed by atoms with E-state index in [0.29, 0.717) is 0 Å². The van der Waals surface area contributed by atoms with Crippen LogP contribution in [0.4, 0.5) is 0 Å². The van der Waals surface area contributed by atoms with Gasteiger partial charge < -0.3 is 5.73 Å². The van der Waals surface area contributed by atoms with Crippen LogP contribution in [0.5, 0.6) is 0 Å². The number of carbonyl (C=O) groups is 1. The Kier molecular flexibility index (Phi) is 3.72. The molecule has 3 heteroatoms. The molecule has 1 atom stereocenters. The number of rotatable bonds is 4. The van der Waals surface area contributed by atoms with Gasteiger partial charge in [-0.15, -0.1) is 11.8 Å². The highest BCUT2D eigenvalue weighted by molar-refractivity contribution is 8.01. The van der Waals surface area contributed by atoms with Crippen LogP contribution in [0, 0.1) is 0 Å². The van der Waals surface area contributed by atoms with Gasteiger partial charge in [-0.1, -0.05) is 48.5 Å². The summed E-state index contributed by atoms with van der Waals surface area (Å²) in [6.45, 7) is 1.86. The standard InChI is InChI=1S/C15H15NOS/c1-15(14(16)17,12-8-4-2-5-9-12)18-13-10-6-3-7-11-13/h2-11H,1H3,(H2,16,17)/t15-/m1/s1. The first-order valence-electron chi connectivity index (χ1n) is 5.72. The number of amides is 1. The van der Waals surface area contributed by atoms with Crippen molar-refractivity contribution in [2.45, 2.75) is 16.6 Å². The minimum Gasteiger partial charge on any atom is -0.368 e. The van der Waals surface area contributed by atoms with E-state index in [4.69, 9.17) is 5.73 Å². The lowest BCUT2D eigenvalue weighted by Crippen LogP contribution is -2.35. The number of primary amides is 1. The van der Waals surface area contributed by atoms with Gasteiger partial charge in [0.05, 0.1) is 0 Å². The van der Waals surface area contributed by atoms with Crippen molar-refractivity contribution in [2.75, 3.05) is 0 Å². The average Bonchev–Trinajstić information content (AvgIpc) is 2.40. The third-order valence-corrected chi connectivity index (χ3v) is 4.21. The largest absolute Gasteiger partial charge is 0.368 e. The number of benzene rings is 2. The van der Waals surface area contributed by atoms with Crippen molar-refractivity contribution in [2.24, 2.45) is 5.73 Å². The van der Waals surface area contributed by atoms with Gasteiger partial charge in [-0.05, 0) is 24.6 Å². The van der Waals surface area contributed by atoms with Gasteiger partial charge in [0.1, 0.15) is 4.75 Å². The predicted octanol–water partition coefficient (Wildman–Crippen LogP) is 3.18. The summed E-state index contributed by atoms with van der Waals surface area (Å²) in [5.74, 6) is -0.331. The van der Waals surface area contributed by atoms with Crippen molar-refractivity contribution >= 4 is 17.7 Å². The highest BCUT2D eigenvalue weighted by Gasteiger charge is 2.34. The highest BCUT2D eigenvalue weighted by atomic mass is 32.2. The lowest BCUT2D eigenvalue weighted by atomic mass is 10.00. The van der Waals surface area contributed by atoms with Gasteiger partial charge in [-0.25, -0.2) is 0 Å². The fourth-order valence-electron chi connectivity index (χ4n) is 1.73. The van der Waals surface area contributed by atoms with Gasteiger partial charge in [-0.3, -0.25) is 4.79 Å². The van der Waals surface area contributed by atoms with Gasteiger partial charge in [-0.2, -0.15) is 0 Å². The molecule has 0 aliphatic rings. The summed E-state index contributed by atoms with van der Waals surface area (Å²) in [4.78, 5) is 12.9. The molecule has 0 spiro atoms. The first-order chi connectivity index (χ1) is 8.63. The quantitative estimate of drug-likeness (QED) is 0.855. The fraction of sp³-hybridized carbons (Fsp3) is 0.133. The maximum atomic E-state index is 11.8. The van der Waals surface area contributed by atoms with Crippen molar-refractivity contribution in [3.63, 3.8) is 0 Å². The number of thioether (sulfide) groups is 1. The van der Waals surface area contributed by atoms with Crippen molar-refractivity contribution < 1.29 is 4.79 Å². The van der Waals surface area contributed by atoms with E-state index in [0.717, 1.165) is 10.5 Å². The van der Waals surface area contributed by atoms with Crippen LogP contribution in [0.1, 0.15) is 12.5 Å². The molecule has 0 heterocycles. The smallest absolute Gasteiger partial charge is 0.238 e. The molecule has 2 rings (SSSR count). The second-order valence-corrected chi connectivity index (χ2v) is 5.67. The number of carbonyl (C=O) groups excluding carboxylic acids is 1. The molecule has 0 aliphatic heterocycles. The molecule has 0 saturated carbocycles. The van der Waals surface area contributed by atoms with E-state index in [1.165, 1.54) is 11.8 Å². The van der Waals surface area contributed by atoms with Crippen molar-refractivity contribution in [3.05, 3.63) is 66.2 Å². The summed E-state index contributed by atoms with van der Waals surface area (Å²) < 4.78 is -0.747. The molecular weight excluding hydrogens is 242 g/mol. The van der Waals surface area contributed by atoms with Crippen LogP contribution >= 0.6 is 11.8 Å². The summed E-state index contributed by atoms with van der Waals surface area (Å²) in [5.41, 5.74) is 6.51. The van der Waals surface area contributed by atoms with Crippen molar-refractivity contribution in [3.8, 4) is 0 Å². The zero-order chi connectivity index (χ0) is 13.0. The topological polar surface area (TPSA) is 43.1 Å². The summed E-state index contributed by atoms with van der Waals surface area (Å²) >= 11 is 1.48. The summed E-state index contributed by atoms with van der Waals surface area (Å²) in [6, 6.07) is 19.4. The Hall–Kier alpha value is -1.74. The lowest BCUT2D eigenvalue weighted by molar-refractivity contribution is -0.120. The molecule has 2 aromatic rings. The van der Waals surface area contributed by atoms with E-state index in [1.54, 1.807) is 0 Å². The van der Waals surface area contributed by atoms with Gasteiger partial charge in [0.2, 0.25) is 5.91 Å². The lowest BCUT2D eigenvalue weighted by Gasteiger charge is -2.26. The van der Waals surface area contributed by atoms with Crippen LogP contribution in [0.15, 0.2) is 65.6 Å². The van der Waals surface area contributed by atoms with E-state index in [-0.39, 0.29) is 5.91 Å². The number of hydrogen-bond acceptors (Lipinski definition) is 2. The van der Waals surface area contributed by atoms with Crippen LogP contribution in [-0.2, 0) is 9.54 Å². The molecule has 2 aromatic carbocycles. The predicted molar refractivity (Wildman–Crippen MR) is 75.3 cm³/mol. The molecule has 18 heavy (non-hydrogen) atoms. The second-order valence-electron chi connectivity index (χ2n) is 4.18. The Morgan fingerprint density at radius 2 is 1.50 bits per heavy atom. The molecule has 1 amide bonds. The molecule has 0 aromatic heterocycles. The highest BCUT2D eigenvalue weighted by Crippen LogP contribution is 2.40. The van der Waals surface area contributed by atoms with E-state index < -0.39 is 4.75 Å². The maximum Gasteiger partial charge on any atom is 0.238 e. The molecule has 0 radical (unpaired) electrons. The summed E-state index contributed by atoms with van der Waals surface area (Å²) in [7, 11) is 0. The molecule has 0 unspecified atom stereocenters. The van der Waals surface area contributed by atoms with Gasteiger partial charge in [0, 0.05) is 4.90 Å². The Morgan fingerprint density at radius 1 is 1.00 bits per heavy atom. The molecule has 2 nitrogen and oxygen atoms in total. The first kappa shape index (κ1) is 12.7. The third-order valence-electron chi connectivity index (χ3n) is 2.86. The SMILES string of the molecule is C[C@](Sc1ccccc1)(C(N)=O)c1ccccc1. The molecular formula is C15H15NOS. The molecule has 0 aliphatic carbocycles. The van der Waals surface area contributed by atoms with Crippen molar-refractivity contribution in [1.29, 1.82) is 0 Å². The molecule has 2 N–H and O–H groups in total. The average molecular weight is 257 g/mol. The Bertz CT molecular complexity index is 527. The van der Waals surface area contributed by atoms with Gasteiger partial charge in [0.15, 0.2) is 0 Å². The third kappa shape index (κ3) is 2.57. The normalized spacial score (nSPS) is 13.8. The van der Waals surface area contributed by atoms with E-state index in [2.05, 4.69) is 0 Å². The Morgan fingerprint density at radius 3 is 2.00 bits per heavy atom. The maximum absolute atomic E-state index is 11.8. The van der Waals surface area contributed by atoms with Crippen LogP contribution < -0.4 is 5.73 Å². The molecule has 0 bridgehead atoms. The minimum absolute atomic E-state index is 0.331. The monoisotopic (exact) mass is 257 g/mol. The fourth-order valence-corrected chi connectivity index (χ4v) is 2.85. The number of hydrogen-bond donors (Lipinski definition) is 1. The zero-order valence-electron chi connectivity index (χ0n) is 10.2. The van der Waals surface area contributed by atoms with E-state index >= 15 is 0 Å². The molecule has 0 saturated heterocycles. The second kappa shape index (κ2) is 5.27. The molecule has 0 fully saturated rings. The van der Waals surface area contributed by atoms with Gasteiger partial charge >= 0.3 is 0 Å². The van der Waals surface area contributed by atoms with Crippen LogP contribution in [0.2, 0.25) is 0 Å². The first-order valence-corrected chi connectivity index (χ1v) is 6.54. The number of nitrogens with two attached hydrogens (primary N) is 1. The summed E-state index contributed by atoms with van der Waals surface area (Å²) in [6.07, 6.45) is 0. The van der Waals surface area contributed by atoms with Crippen LogP contribution in [-0.4, -0.2) is 5.91 Å². The van der Waals surface area contributed by atoms with E-state index in [1.807, 2.05) is 67.6 Å². The minimum atomic E-state index is -0.747. The van der Waals surface area contributed by atoms with E-state index in [9.17, 15) is 4.79 Å². The Labute approximate surface area is 111 Å². The molecule has 92 valence electrons. The Balaban J connectivity index is 2.37. The van der Waals surface area contributed by atoms with Crippen molar-refractivity contribution in [1.82, 2.24) is 0 Å².